The summed E-state index contributed by atoms with van der Waals surface area (Å²) >= 11 is 6.10. The minimum absolute atomic E-state index is 0.0257. The number of morpholine rings is 1. The number of fused-ring (bicyclic) bond motifs is 2. The van der Waals surface area contributed by atoms with Crippen molar-refractivity contribution < 1.29 is 23.2 Å². The number of ether oxygens (including phenoxy) is 1. The molecular weight excluding hydrogens is 435 g/mol. The number of nitrogens with one attached hydrogen (secondary N) is 1. The largest absolute Gasteiger partial charge is 0.450 e. The third-order valence-electron chi connectivity index (χ3n) is 6.22. The van der Waals surface area contributed by atoms with Gasteiger partial charge in [-0.05, 0) is 35.9 Å². The number of benzene rings is 2. The Morgan fingerprint density at radius 3 is 2.72 bits per heavy atom. The van der Waals surface area contributed by atoms with Crippen molar-refractivity contribution in [3.8, 4) is 0 Å². The van der Waals surface area contributed by atoms with Crippen LogP contribution in [-0.2, 0) is 4.74 Å². The van der Waals surface area contributed by atoms with Gasteiger partial charge in [-0.2, -0.15) is 0 Å². The summed E-state index contributed by atoms with van der Waals surface area (Å²) in [4.78, 5) is 29.9. The fourth-order valence-corrected chi connectivity index (χ4v) is 4.83. The molecule has 1 N–H and O–H groups in total. The van der Waals surface area contributed by atoms with Gasteiger partial charge in [-0.15, -0.1) is 0 Å². The zero-order valence-electron chi connectivity index (χ0n) is 17.4. The van der Waals surface area contributed by atoms with Crippen LogP contribution in [-0.4, -0.2) is 50.2 Å². The van der Waals surface area contributed by atoms with Crippen LogP contribution in [0.5, 0.6) is 0 Å². The molecule has 1 amide bonds. The Kier molecular flexibility index (Phi) is 5.71. The summed E-state index contributed by atoms with van der Waals surface area (Å²) in [6, 6.07) is 10.1. The van der Waals surface area contributed by atoms with Crippen molar-refractivity contribution in [2.45, 2.75) is 12.5 Å². The second kappa shape index (κ2) is 8.65. The smallest absolute Gasteiger partial charge is 0.290 e. The molecule has 3 heterocycles. The number of rotatable bonds is 5. The van der Waals surface area contributed by atoms with Crippen LogP contribution in [0.15, 0.2) is 51.7 Å². The molecule has 1 saturated heterocycles. The third kappa shape index (κ3) is 3.81. The molecular formula is C24H23ClFN2O4+. The number of carbonyl (C=O) groups is 1. The number of carbonyl (C=O) groups excluding carboxylic acids is 1. The molecule has 0 bridgehead atoms. The predicted molar refractivity (Wildman–Crippen MR) is 118 cm³/mol. The maximum Gasteiger partial charge on any atom is 0.290 e. The monoisotopic (exact) mass is 457 g/mol. The number of nitrogens with zero attached hydrogens (tertiary/aromatic N) is 1. The van der Waals surface area contributed by atoms with Crippen LogP contribution < -0.4 is 10.3 Å². The second-order valence-corrected chi connectivity index (χ2v) is 8.67. The Morgan fingerprint density at radius 2 is 1.94 bits per heavy atom. The van der Waals surface area contributed by atoms with Crippen LogP contribution in [0.3, 0.4) is 0 Å². The Labute approximate surface area is 189 Å². The number of amides is 1. The van der Waals surface area contributed by atoms with Crippen LogP contribution in [0.4, 0.5) is 4.39 Å². The molecule has 5 rings (SSSR count). The van der Waals surface area contributed by atoms with E-state index in [2.05, 4.69) is 0 Å². The zero-order chi connectivity index (χ0) is 22.2. The van der Waals surface area contributed by atoms with Crippen molar-refractivity contribution in [3.63, 3.8) is 0 Å². The van der Waals surface area contributed by atoms with E-state index in [9.17, 15) is 14.0 Å². The van der Waals surface area contributed by atoms with Gasteiger partial charge in [0.2, 0.25) is 5.76 Å². The number of quaternary nitrogens is 1. The molecule has 0 aliphatic carbocycles. The molecule has 0 unspecified atom stereocenters. The molecule has 0 saturated carbocycles. The summed E-state index contributed by atoms with van der Waals surface area (Å²) < 4.78 is 25.4. The summed E-state index contributed by atoms with van der Waals surface area (Å²) in [6.07, 6.45) is 0.750. The van der Waals surface area contributed by atoms with E-state index in [1.807, 2.05) is 0 Å². The SMILES string of the molecule is O=C1c2oc3ccc(Cl)cc3c(=O)c2[C@H](c2cccc(F)c2)N1CCC[NH+]1CCOCC1. The number of hydrogen-bond donors (Lipinski definition) is 1. The second-order valence-electron chi connectivity index (χ2n) is 8.24. The summed E-state index contributed by atoms with van der Waals surface area (Å²) in [5.41, 5.74) is 0.787. The third-order valence-corrected chi connectivity index (χ3v) is 6.46. The van der Waals surface area contributed by atoms with E-state index in [4.69, 9.17) is 20.8 Å². The van der Waals surface area contributed by atoms with E-state index in [1.54, 1.807) is 35.2 Å². The topological polar surface area (TPSA) is 64.2 Å². The van der Waals surface area contributed by atoms with Crippen molar-refractivity contribution in [3.05, 3.63) is 80.4 Å². The average molecular weight is 458 g/mol. The molecule has 32 heavy (non-hydrogen) atoms. The highest BCUT2D eigenvalue weighted by Gasteiger charge is 2.42. The molecule has 2 aliphatic heterocycles. The van der Waals surface area contributed by atoms with Gasteiger partial charge in [-0.25, -0.2) is 4.39 Å². The Hall–Kier alpha value is -2.74. The summed E-state index contributed by atoms with van der Waals surface area (Å²) in [6.45, 7) is 4.68. The molecule has 2 aromatic carbocycles. The first kappa shape index (κ1) is 21.1. The highest BCUT2D eigenvalue weighted by Crippen LogP contribution is 2.38. The Morgan fingerprint density at radius 1 is 1.12 bits per heavy atom. The summed E-state index contributed by atoms with van der Waals surface area (Å²) in [7, 11) is 0. The van der Waals surface area contributed by atoms with Gasteiger partial charge in [0.1, 0.15) is 24.5 Å². The maximum absolute atomic E-state index is 14.1. The van der Waals surface area contributed by atoms with Crippen LogP contribution in [0, 0.1) is 5.82 Å². The number of hydrogen-bond acceptors (Lipinski definition) is 4. The van der Waals surface area contributed by atoms with Gasteiger partial charge in [0, 0.05) is 18.0 Å². The van der Waals surface area contributed by atoms with Crippen molar-refractivity contribution in [1.82, 2.24) is 4.90 Å². The van der Waals surface area contributed by atoms with E-state index in [-0.39, 0.29) is 22.7 Å². The van der Waals surface area contributed by atoms with Crippen LogP contribution >= 0.6 is 11.6 Å². The quantitative estimate of drug-likeness (QED) is 0.639. The molecule has 6 nitrogen and oxygen atoms in total. The lowest BCUT2D eigenvalue weighted by atomic mass is 9.98. The first-order valence-electron chi connectivity index (χ1n) is 10.8. The maximum atomic E-state index is 14.1. The summed E-state index contributed by atoms with van der Waals surface area (Å²) in [5.74, 6) is -0.743. The molecule has 166 valence electrons. The van der Waals surface area contributed by atoms with Gasteiger partial charge in [0.05, 0.1) is 36.8 Å². The molecule has 1 fully saturated rings. The lowest BCUT2D eigenvalue weighted by Gasteiger charge is -2.27. The Balaban J connectivity index is 1.54. The lowest BCUT2D eigenvalue weighted by Crippen LogP contribution is -3.14. The van der Waals surface area contributed by atoms with Crippen molar-refractivity contribution in [2.24, 2.45) is 0 Å². The minimum atomic E-state index is -0.701. The fraction of sp³-hybridized carbons (Fsp3) is 0.333. The first-order valence-corrected chi connectivity index (χ1v) is 11.1. The number of halogens is 2. The lowest BCUT2D eigenvalue weighted by molar-refractivity contribution is -0.908. The van der Waals surface area contributed by atoms with Gasteiger partial charge in [-0.3, -0.25) is 9.59 Å². The van der Waals surface area contributed by atoms with Gasteiger partial charge in [-0.1, -0.05) is 23.7 Å². The van der Waals surface area contributed by atoms with E-state index < -0.39 is 11.9 Å². The first-order chi connectivity index (χ1) is 15.5. The highest BCUT2D eigenvalue weighted by molar-refractivity contribution is 6.31. The standard InChI is InChI=1S/C24H22ClFN2O4/c25-16-5-6-19-18(14-16)22(29)20-21(15-3-1-4-17(26)13-15)28(24(30)23(20)32-19)8-2-7-27-9-11-31-12-10-27/h1,3-6,13-14,21H,2,7-12H2/p+1/t21-/m0/s1. The molecule has 1 aromatic heterocycles. The average Bonchev–Trinajstić information content (AvgIpc) is 3.07. The molecule has 3 aromatic rings. The normalized spacial score (nSPS) is 19.0. The van der Waals surface area contributed by atoms with E-state index >= 15 is 0 Å². The molecule has 8 heteroatoms. The fourth-order valence-electron chi connectivity index (χ4n) is 4.66. The predicted octanol–water partition coefficient (Wildman–Crippen LogP) is 2.44. The highest BCUT2D eigenvalue weighted by atomic mass is 35.5. The van der Waals surface area contributed by atoms with Crippen LogP contribution in [0.1, 0.15) is 34.1 Å². The molecule has 0 spiro atoms. The van der Waals surface area contributed by atoms with Gasteiger partial charge in [0.15, 0.2) is 5.43 Å². The van der Waals surface area contributed by atoms with Crippen molar-refractivity contribution >= 4 is 28.5 Å². The van der Waals surface area contributed by atoms with Crippen LogP contribution in [0.25, 0.3) is 11.0 Å². The zero-order valence-corrected chi connectivity index (χ0v) is 18.2. The van der Waals surface area contributed by atoms with E-state index in [0.717, 1.165) is 39.3 Å². The van der Waals surface area contributed by atoms with Gasteiger partial charge < -0.3 is 19.0 Å². The Bertz CT molecular complexity index is 1240. The minimum Gasteiger partial charge on any atom is -0.450 e. The summed E-state index contributed by atoms with van der Waals surface area (Å²) in [5, 5.41) is 0.715. The molecule has 0 radical (unpaired) electrons. The molecule has 2 aliphatic rings. The van der Waals surface area contributed by atoms with E-state index in [0.29, 0.717) is 28.1 Å². The van der Waals surface area contributed by atoms with Crippen LogP contribution in [0.2, 0.25) is 5.02 Å². The van der Waals surface area contributed by atoms with E-state index in [1.165, 1.54) is 17.0 Å². The van der Waals surface area contributed by atoms with Crippen molar-refractivity contribution in [2.75, 3.05) is 39.4 Å². The van der Waals surface area contributed by atoms with Crippen molar-refractivity contribution in [1.29, 1.82) is 0 Å². The van der Waals surface area contributed by atoms with Gasteiger partial charge >= 0.3 is 0 Å². The molecule has 1 atom stereocenters. The van der Waals surface area contributed by atoms with Gasteiger partial charge in [0.25, 0.3) is 5.91 Å².